The Labute approximate surface area is 176 Å². The molecule has 4 nitrogen and oxygen atoms in total. The highest BCUT2D eigenvalue weighted by atomic mass is 32.2. The number of ether oxygens (including phenoxy) is 2. The van der Waals surface area contributed by atoms with Crippen molar-refractivity contribution in [1.82, 2.24) is 5.48 Å². The molecule has 1 aliphatic rings. The molecule has 6 heteroatoms. The molecule has 1 heterocycles. The van der Waals surface area contributed by atoms with Crippen LogP contribution in [0.2, 0.25) is 0 Å². The van der Waals surface area contributed by atoms with Crippen molar-refractivity contribution in [3.63, 3.8) is 0 Å². The summed E-state index contributed by atoms with van der Waals surface area (Å²) in [6.45, 7) is 8.80. The van der Waals surface area contributed by atoms with Crippen LogP contribution in [-0.4, -0.2) is 20.3 Å². The summed E-state index contributed by atoms with van der Waals surface area (Å²) in [6, 6.07) is 13.2. The van der Waals surface area contributed by atoms with Crippen molar-refractivity contribution in [2.75, 3.05) is 20.3 Å². The molecule has 2 aromatic rings. The van der Waals surface area contributed by atoms with E-state index in [1.165, 1.54) is 11.8 Å². The van der Waals surface area contributed by atoms with E-state index in [-0.39, 0.29) is 11.9 Å². The summed E-state index contributed by atoms with van der Waals surface area (Å²) < 4.78 is 25.7. The first-order chi connectivity index (χ1) is 13.9. The average Bonchev–Trinajstić information content (AvgIpc) is 2.72. The highest BCUT2D eigenvalue weighted by molar-refractivity contribution is 7.99. The molecule has 0 radical (unpaired) electrons. The first kappa shape index (κ1) is 21.8. The summed E-state index contributed by atoms with van der Waals surface area (Å²) in [5.74, 6) is -0.252. The number of hydroxylamine groups is 1. The van der Waals surface area contributed by atoms with Gasteiger partial charge in [0.25, 0.3) is 0 Å². The predicted octanol–water partition coefficient (Wildman–Crippen LogP) is 5.74. The number of nitrogens with one attached hydrogen (secondary N) is 1. The predicted molar refractivity (Wildman–Crippen MR) is 113 cm³/mol. The van der Waals surface area contributed by atoms with Crippen molar-refractivity contribution in [3.05, 3.63) is 71.7 Å². The molecule has 3 rings (SSSR count). The van der Waals surface area contributed by atoms with Gasteiger partial charge in [-0.05, 0) is 55.3 Å². The summed E-state index contributed by atoms with van der Waals surface area (Å²) in [5.41, 5.74) is 4.97. The third-order valence-corrected chi connectivity index (χ3v) is 6.06. The standard InChI is InChI=1S/C23H28FNO3S/c1-16(2)25-28-17(3)18-5-7-21(8-6-18)29-22-14-19(13-20(24)15-22)23(26-4)9-11-27-12-10-23/h5-8,13-15,17,25H,1,9-12H2,2-4H3. The van der Waals surface area contributed by atoms with Gasteiger partial charge in [0.15, 0.2) is 0 Å². The van der Waals surface area contributed by atoms with Gasteiger partial charge < -0.3 is 9.47 Å². The first-order valence-electron chi connectivity index (χ1n) is 9.71. The highest BCUT2D eigenvalue weighted by Gasteiger charge is 2.35. The topological polar surface area (TPSA) is 39.7 Å². The van der Waals surface area contributed by atoms with Crippen molar-refractivity contribution in [2.45, 2.75) is 48.2 Å². The molecule has 1 aliphatic heterocycles. The van der Waals surface area contributed by atoms with E-state index in [0.717, 1.165) is 39.5 Å². The van der Waals surface area contributed by atoms with Crippen LogP contribution >= 0.6 is 11.8 Å². The lowest BCUT2D eigenvalue weighted by atomic mass is 9.86. The van der Waals surface area contributed by atoms with Gasteiger partial charge in [0.2, 0.25) is 0 Å². The second-order valence-electron chi connectivity index (χ2n) is 7.30. The van der Waals surface area contributed by atoms with Gasteiger partial charge in [0, 0.05) is 48.7 Å². The molecular weight excluding hydrogens is 389 g/mol. The van der Waals surface area contributed by atoms with Crippen LogP contribution in [0.5, 0.6) is 0 Å². The molecule has 0 amide bonds. The Morgan fingerprint density at radius 1 is 1.17 bits per heavy atom. The number of allylic oxidation sites excluding steroid dienone is 1. The lowest BCUT2D eigenvalue weighted by Gasteiger charge is -2.36. The summed E-state index contributed by atoms with van der Waals surface area (Å²) in [6.07, 6.45) is 1.34. The molecule has 1 N–H and O–H groups in total. The maximum absolute atomic E-state index is 14.4. The van der Waals surface area contributed by atoms with Crippen molar-refractivity contribution in [2.24, 2.45) is 0 Å². The fourth-order valence-corrected chi connectivity index (χ4v) is 4.30. The van der Waals surface area contributed by atoms with Gasteiger partial charge in [0.1, 0.15) is 11.9 Å². The van der Waals surface area contributed by atoms with E-state index in [0.29, 0.717) is 13.2 Å². The third kappa shape index (κ3) is 5.60. The normalized spacial score (nSPS) is 17.0. The van der Waals surface area contributed by atoms with Crippen LogP contribution in [0.25, 0.3) is 0 Å². The Hall–Kier alpha value is -1.86. The van der Waals surface area contributed by atoms with Gasteiger partial charge in [-0.3, -0.25) is 10.3 Å². The van der Waals surface area contributed by atoms with Crippen LogP contribution in [0.15, 0.2) is 64.5 Å². The van der Waals surface area contributed by atoms with Crippen molar-refractivity contribution in [1.29, 1.82) is 0 Å². The number of hydrogen-bond acceptors (Lipinski definition) is 5. The van der Waals surface area contributed by atoms with E-state index >= 15 is 0 Å². The van der Waals surface area contributed by atoms with E-state index in [1.54, 1.807) is 19.2 Å². The Morgan fingerprint density at radius 3 is 2.48 bits per heavy atom. The molecule has 1 saturated heterocycles. The molecule has 0 saturated carbocycles. The van der Waals surface area contributed by atoms with Gasteiger partial charge >= 0.3 is 0 Å². The Bertz CT molecular complexity index is 835. The Morgan fingerprint density at radius 2 is 1.86 bits per heavy atom. The summed E-state index contributed by atoms with van der Waals surface area (Å²) >= 11 is 1.53. The van der Waals surface area contributed by atoms with E-state index in [4.69, 9.17) is 14.3 Å². The lowest BCUT2D eigenvalue weighted by molar-refractivity contribution is -0.0950. The zero-order valence-corrected chi connectivity index (χ0v) is 18.0. The largest absolute Gasteiger partial charge is 0.381 e. The maximum Gasteiger partial charge on any atom is 0.124 e. The number of halogens is 1. The van der Waals surface area contributed by atoms with E-state index in [1.807, 2.05) is 44.2 Å². The number of hydrogen-bond donors (Lipinski definition) is 1. The summed E-state index contributed by atoms with van der Waals surface area (Å²) in [4.78, 5) is 7.42. The second-order valence-corrected chi connectivity index (χ2v) is 8.45. The highest BCUT2D eigenvalue weighted by Crippen LogP contribution is 2.39. The molecule has 2 aromatic carbocycles. The Balaban J connectivity index is 1.75. The molecule has 1 fully saturated rings. The average molecular weight is 418 g/mol. The fraction of sp³-hybridized carbons (Fsp3) is 0.391. The van der Waals surface area contributed by atoms with Gasteiger partial charge in [-0.1, -0.05) is 30.5 Å². The van der Waals surface area contributed by atoms with Crippen LogP contribution in [0, 0.1) is 5.82 Å². The van der Waals surface area contributed by atoms with Crippen LogP contribution in [0.3, 0.4) is 0 Å². The van der Waals surface area contributed by atoms with Crippen LogP contribution < -0.4 is 5.48 Å². The number of rotatable bonds is 8. The van der Waals surface area contributed by atoms with Crippen LogP contribution in [0.4, 0.5) is 4.39 Å². The van der Waals surface area contributed by atoms with E-state index in [2.05, 4.69) is 12.1 Å². The number of methoxy groups -OCH3 is 1. The number of benzene rings is 2. The second kappa shape index (κ2) is 9.76. The molecule has 1 unspecified atom stereocenters. The SMILES string of the molecule is C=C(C)NOC(C)c1ccc(Sc2cc(F)cc(C3(OC)CCOCC3)c2)cc1. The molecule has 0 spiro atoms. The Kier molecular flexibility index (Phi) is 7.35. The zero-order valence-electron chi connectivity index (χ0n) is 17.2. The van der Waals surface area contributed by atoms with Crippen molar-refractivity contribution in [3.8, 4) is 0 Å². The molecule has 0 aromatic heterocycles. The molecule has 0 bridgehead atoms. The van der Waals surface area contributed by atoms with Crippen LogP contribution in [-0.2, 0) is 19.9 Å². The molecule has 29 heavy (non-hydrogen) atoms. The van der Waals surface area contributed by atoms with Gasteiger partial charge in [-0.15, -0.1) is 0 Å². The molecule has 0 aliphatic carbocycles. The smallest absolute Gasteiger partial charge is 0.124 e. The minimum Gasteiger partial charge on any atom is -0.381 e. The van der Waals surface area contributed by atoms with Crippen molar-refractivity contribution >= 4 is 11.8 Å². The minimum atomic E-state index is -0.484. The molecular formula is C23H28FNO3S. The monoisotopic (exact) mass is 417 g/mol. The zero-order chi connectivity index (χ0) is 20.9. The quantitative estimate of drug-likeness (QED) is 0.554. The van der Waals surface area contributed by atoms with E-state index in [9.17, 15) is 4.39 Å². The summed E-state index contributed by atoms with van der Waals surface area (Å²) in [7, 11) is 1.69. The molecule has 1 atom stereocenters. The van der Waals surface area contributed by atoms with Gasteiger partial charge in [-0.2, -0.15) is 0 Å². The van der Waals surface area contributed by atoms with E-state index < -0.39 is 5.60 Å². The maximum atomic E-state index is 14.4. The van der Waals surface area contributed by atoms with Crippen LogP contribution in [0.1, 0.15) is 43.9 Å². The van der Waals surface area contributed by atoms with Gasteiger partial charge in [0.05, 0.1) is 5.60 Å². The summed E-state index contributed by atoms with van der Waals surface area (Å²) in [5, 5.41) is 0. The third-order valence-electron chi connectivity index (χ3n) is 5.08. The molecule has 156 valence electrons. The lowest BCUT2D eigenvalue weighted by Crippen LogP contribution is -2.35. The first-order valence-corrected chi connectivity index (χ1v) is 10.5. The fourth-order valence-electron chi connectivity index (χ4n) is 3.40. The minimum absolute atomic E-state index is 0.110. The van der Waals surface area contributed by atoms with Crippen molar-refractivity contribution < 1.29 is 18.7 Å². The van der Waals surface area contributed by atoms with Gasteiger partial charge in [-0.25, -0.2) is 4.39 Å².